The van der Waals surface area contributed by atoms with Crippen LogP contribution in [0.3, 0.4) is 0 Å². The van der Waals surface area contributed by atoms with Gasteiger partial charge in [-0.05, 0) is 31.0 Å². The van der Waals surface area contributed by atoms with Crippen molar-refractivity contribution in [2.75, 3.05) is 11.4 Å². The Bertz CT molecular complexity index is 1120. The molecule has 1 aliphatic rings. The van der Waals surface area contributed by atoms with E-state index in [4.69, 9.17) is 5.26 Å². The number of hydrogen-bond donors (Lipinski definition) is 2. The van der Waals surface area contributed by atoms with Gasteiger partial charge in [0.2, 0.25) is 5.91 Å². The molecule has 1 atom stereocenters. The van der Waals surface area contributed by atoms with Gasteiger partial charge in [0.05, 0.1) is 5.69 Å². The number of anilines is 1. The van der Waals surface area contributed by atoms with E-state index < -0.39 is 0 Å². The predicted molar refractivity (Wildman–Crippen MR) is 104 cm³/mol. The van der Waals surface area contributed by atoms with Crippen LogP contribution in [0.15, 0.2) is 41.3 Å². The van der Waals surface area contributed by atoms with E-state index in [-0.39, 0.29) is 17.5 Å². The van der Waals surface area contributed by atoms with E-state index in [1.165, 1.54) is 16.8 Å². The highest BCUT2D eigenvalue weighted by Crippen LogP contribution is 2.23. The first-order chi connectivity index (χ1) is 13.6. The molecule has 8 heteroatoms. The molecule has 1 aliphatic heterocycles. The number of rotatable bonds is 5. The second-order valence-electron chi connectivity index (χ2n) is 6.89. The van der Waals surface area contributed by atoms with Gasteiger partial charge in [0.25, 0.3) is 5.56 Å². The molecule has 1 aromatic carbocycles. The van der Waals surface area contributed by atoms with E-state index in [9.17, 15) is 9.59 Å². The number of nitrogens with zero attached hydrogens (tertiary/aromatic N) is 4. The van der Waals surface area contributed by atoms with Crippen molar-refractivity contribution in [2.24, 2.45) is 0 Å². The van der Waals surface area contributed by atoms with Gasteiger partial charge in [-0.15, -0.1) is 0 Å². The molecule has 1 fully saturated rings. The molecule has 1 saturated heterocycles. The van der Waals surface area contributed by atoms with E-state index >= 15 is 0 Å². The van der Waals surface area contributed by atoms with Gasteiger partial charge in [-0.3, -0.25) is 14.7 Å². The smallest absolute Gasteiger partial charge is 0.272 e. The largest absolute Gasteiger partial charge is 0.312 e. The third kappa shape index (κ3) is 3.28. The topological polar surface area (TPSA) is 106 Å². The van der Waals surface area contributed by atoms with Crippen LogP contribution in [-0.2, 0) is 11.3 Å². The van der Waals surface area contributed by atoms with Crippen molar-refractivity contribution in [1.29, 1.82) is 5.26 Å². The van der Waals surface area contributed by atoms with Crippen LogP contribution in [0.2, 0.25) is 0 Å². The molecule has 0 spiro atoms. The molecule has 1 amide bonds. The Labute approximate surface area is 161 Å². The number of carbonyl (C=O) groups excluding carboxylic acids is 1. The van der Waals surface area contributed by atoms with Crippen molar-refractivity contribution in [1.82, 2.24) is 19.9 Å². The molecule has 4 rings (SSSR count). The Morgan fingerprint density at radius 2 is 2.11 bits per heavy atom. The standard InChI is InChI=1S/C20H20N6O2/c1-13(14-4-6-17(7-5-14)25-8-2-3-18(25)27)22-12-16-9-19(28)26-20(24-16)15(10-21)11-23-26/h4-7,9,11,13,22-23H,2-3,8,12H2,1H3. The van der Waals surface area contributed by atoms with Crippen LogP contribution in [0, 0.1) is 11.3 Å². The maximum Gasteiger partial charge on any atom is 0.272 e. The van der Waals surface area contributed by atoms with Crippen molar-refractivity contribution in [3.8, 4) is 6.07 Å². The van der Waals surface area contributed by atoms with Gasteiger partial charge in [-0.2, -0.15) is 5.26 Å². The molecule has 142 valence electrons. The van der Waals surface area contributed by atoms with Gasteiger partial charge in [0.15, 0.2) is 5.65 Å². The lowest BCUT2D eigenvalue weighted by atomic mass is 10.1. The van der Waals surface area contributed by atoms with E-state index in [1.807, 2.05) is 42.2 Å². The average Bonchev–Trinajstić information content (AvgIpc) is 3.32. The second-order valence-corrected chi connectivity index (χ2v) is 6.89. The molecule has 2 N–H and O–H groups in total. The van der Waals surface area contributed by atoms with Gasteiger partial charge in [0, 0.05) is 43.5 Å². The minimum atomic E-state index is -0.254. The predicted octanol–water partition coefficient (Wildman–Crippen LogP) is 1.87. The van der Waals surface area contributed by atoms with Crippen LogP contribution < -0.4 is 15.8 Å². The Morgan fingerprint density at radius 1 is 1.32 bits per heavy atom. The zero-order valence-electron chi connectivity index (χ0n) is 15.5. The molecule has 3 aromatic rings. The third-order valence-corrected chi connectivity index (χ3v) is 5.04. The highest BCUT2D eigenvalue weighted by Gasteiger charge is 2.21. The van der Waals surface area contributed by atoms with Crippen LogP contribution in [0.25, 0.3) is 5.65 Å². The maximum atomic E-state index is 12.2. The summed E-state index contributed by atoms with van der Waals surface area (Å²) in [5.41, 5.74) is 2.99. The molecule has 0 saturated carbocycles. The summed E-state index contributed by atoms with van der Waals surface area (Å²) in [6.45, 7) is 3.20. The number of nitriles is 1. The fourth-order valence-electron chi connectivity index (χ4n) is 3.44. The summed E-state index contributed by atoms with van der Waals surface area (Å²) < 4.78 is 1.25. The summed E-state index contributed by atoms with van der Waals surface area (Å²) in [6.07, 6.45) is 2.99. The fourth-order valence-corrected chi connectivity index (χ4v) is 3.44. The van der Waals surface area contributed by atoms with E-state index in [0.29, 0.717) is 29.9 Å². The van der Waals surface area contributed by atoms with Crippen molar-refractivity contribution in [3.05, 3.63) is 63.7 Å². The fraction of sp³-hybridized carbons (Fsp3) is 0.300. The molecule has 0 radical (unpaired) electrons. The minimum absolute atomic E-state index is 0.0326. The van der Waals surface area contributed by atoms with E-state index in [2.05, 4.69) is 15.4 Å². The highest BCUT2D eigenvalue weighted by molar-refractivity contribution is 5.95. The first-order valence-corrected chi connectivity index (χ1v) is 9.20. The van der Waals surface area contributed by atoms with Crippen LogP contribution in [0.4, 0.5) is 5.69 Å². The summed E-state index contributed by atoms with van der Waals surface area (Å²) in [5.74, 6) is 0.174. The maximum absolute atomic E-state index is 12.2. The van der Waals surface area contributed by atoms with Gasteiger partial charge in [-0.1, -0.05) is 12.1 Å². The van der Waals surface area contributed by atoms with Crippen LogP contribution in [0.5, 0.6) is 0 Å². The number of amides is 1. The van der Waals surface area contributed by atoms with Gasteiger partial charge in [-0.25, -0.2) is 9.50 Å². The number of aromatic nitrogens is 3. The van der Waals surface area contributed by atoms with Crippen molar-refractivity contribution in [3.63, 3.8) is 0 Å². The summed E-state index contributed by atoms with van der Waals surface area (Å²) in [5, 5.41) is 15.2. The Morgan fingerprint density at radius 3 is 2.79 bits per heavy atom. The lowest BCUT2D eigenvalue weighted by Crippen LogP contribution is -2.24. The third-order valence-electron chi connectivity index (χ3n) is 5.04. The first-order valence-electron chi connectivity index (χ1n) is 9.20. The van der Waals surface area contributed by atoms with Crippen LogP contribution in [-0.4, -0.2) is 27.0 Å². The Balaban J connectivity index is 1.46. The summed E-state index contributed by atoms with van der Waals surface area (Å²) in [7, 11) is 0. The molecule has 8 nitrogen and oxygen atoms in total. The lowest BCUT2D eigenvalue weighted by Gasteiger charge is -2.18. The minimum Gasteiger partial charge on any atom is -0.312 e. The Hall–Kier alpha value is -3.44. The molecule has 28 heavy (non-hydrogen) atoms. The lowest BCUT2D eigenvalue weighted by molar-refractivity contribution is -0.117. The Kier molecular flexibility index (Phi) is 4.67. The normalized spacial score (nSPS) is 15.1. The molecular weight excluding hydrogens is 356 g/mol. The van der Waals surface area contributed by atoms with Gasteiger partial charge >= 0.3 is 0 Å². The molecule has 0 bridgehead atoms. The number of carbonyl (C=O) groups is 1. The van der Waals surface area contributed by atoms with Crippen molar-refractivity contribution in [2.45, 2.75) is 32.4 Å². The number of aromatic amines is 1. The zero-order valence-corrected chi connectivity index (χ0v) is 15.5. The number of nitrogens with one attached hydrogen (secondary N) is 2. The van der Waals surface area contributed by atoms with Crippen molar-refractivity contribution >= 4 is 17.2 Å². The number of benzene rings is 1. The molecule has 2 aromatic heterocycles. The molecular formula is C20H20N6O2. The van der Waals surface area contributed by atoms with Crippen molar-refractivity contribution < 1.29 is 4.79 Å². The van der Waals surface area contributed by atoms with Crippen LogP contribution >= 0.6 is 0 Å². The van der Waals surface area contributed by atoms with E-state index in [0.717, 1.165) is 24.2 Å². The summed E-state index contributed by atoms with van der Waals surface area (Å²) >= 11 is 0. The average molecular weight is 376 g/mol. The molecule has 3 heterocycles. The van der Waals surface area contributed by atoms with Crippen LogP contribution in [0.1, 0.15) is 42.6 Å². The quantitative estimate of drug-likeness (QED) is 0.707. The SMILES string of the molecule is CC(NCc1cc(=O)n2[nH]cc(C#N)c2n1)c1ccc(N2CCCC2=O)cc1. The monoisotopic (exact) mass is 376 g/mol. The molecule has 1 unspecified atom stereocenters. The number of fused-ring (bicyclic) bond motifs is 1. The summed E-state index contributed by atoms with van der Waals surface area (Å²) in [4.78, 5) is 30.2. The number of H-pyrrole nitrogens is 1. The summed E-state index contributed by atoms with van der Waals surface area (Å²) in [6, 6.07) is 11.4. The first kappa shape index (κ1) is 17.9. The van der Waals surface area contributed by atoms with E-state index in [1.54, 1.807) is 0 Å². The number of hydrogen-bond acceptors (Lipinski definition) is 5. The zero-order chi connectivity index (χ0) is 19.7. The second kappa shape index (κ2) is 7.29. The highest BCUT2D eigenvalue weighted by atomic mass is 16.2. The van der Waals surface area contributed by atoms with Gasteiger partial charge < -0.3 is 10.2 Å². The molecule has 0 aliphatic carbocycles. The van der Waals surface area contributed by atoms with Gasteiger partial charge in [0.1, 0.15) is 11.6 Å².